The zero-order chi connectivity index (χ0) is 11.8. The van der Waals surface area contributed by atoms with Gasteiger partial charge in [-0.2, -0.15) is 0 Å². The molecule has 3 heteroatoms. The summed E-state index contributed by atoms with van der Waals surface area (Å²) in [6, 6.07) is 0.358. The molecule has 2 rings (SSSR count). The number of aliphatic carboxylic acids is 1. The Morgan fingerprint density at radius 1 is 1.38 bits per heavy atom. The molecule has 2 fully saturated rings. The second kappa shape index (κ2) is 4.36. The van der Waals surface area contributed by atoms with Gasteiger partial charge in [-0.15, -0.1) is 0 Å². The summed E-state index contributed by atoms with van der Waals surface area (Å²) in [5, 5.41) is 13.0. The minimum atomic E-state index is -0.653. The van der Waals surface area contributed by atoms with Crippen molar-refractivity contribution in [1.29, 1.82) is 0 Å². The van der Waals surface area contributed by atoms with E-state index in [0.717, 1.165) is 19.3 Å². The van der Waals surface area contributed by atoms with Gasteiger partial charge in [0.1, 0.15) is 5.54 Å². The zero-order valence-electron chi connectivity index (χ0n) is 10.3. The SMILES string of the molecule is CC(NC1(C(=O)O)CCCCC1C)C1CC1. The molecule has 3 atom stereocenters. The van der Waals surface area contributed by atoms with Gasteiger partial charge in [0.05, 0.1) is 0 Å². The second-order valence-corrected chi connectivity index (χ2v) is 5.69. The summed E-state index contributed by atoms with van der Waals surface area (Å²) in [6.45, 7) is 4.23. The van der Waals surface area contributed by atoms with Gasteiger partial charge in [0, 0.05) is 6.04 Å². The van der Waals surface area contributed by atoms with Crippen molar-refractivity contribution < 1.29 is 9.90 Å². The first-order valence-corrected chi connectivity index (χ1v) is 6.57. The quantitative estimate of drug-likeness (QED) is 0.772. The van der Waals surface area contributed by atoms with Crippen LogP contribution in [0.4, 0.5) is 0 Å². The van der Waals surface area contributed by atoms with Crippen molar-refractivity contribution >= 4 is 5.97 Å². The predicted octanol–water partition coefficient (Wildman–Crippen LogP) is 2.41. The number of carboxylic acid groups (broad SMARTS) is 1. The van der Waals surface area contributed by atoms with Gasteiger partial charge in [-0.05, 0) is 44.4 Å². The van der Waals surface area contributed by atoms with Crippen molar-refractivity contribution in [3.8, 4) is 0 Å². The van der Waals surface area contributed by atoms with Crippen molar-refractivity contribution in [1.82, 2.24) is 5.32 Å². The van der Waals surface area contributed by atoms with Crippen LogP contribution in [0.15, 0.2) is 0 Å². The lowest BCUT2D eigenvalue weighted by molar-refractivity contribution is -0.149. The van der Waals surface area contributed by atoms with E-state index in [0.29, 0.717) is 12.0 Å². The fourth-order valence-corrected chi connectivity index (χ4v) is 3.06. The Morgan fingerprint density at radius 2 is 2.06 bits per heavy atom. The largest absolute Gasteiger partial charge is 0.480 e. The normalized spacial score (nSPS) is 37.0. The van der Waals surface area contributed by atoms with Crippen LogP contribution in [0.1, 0.15) is 52.4 Å². The molecule has 92 valence electrons. The molecule has 16 heavy (non-hydrogen) atoms. The summed E-state index contributed by atoms with van der Waals surface area (Å²) in [5.74, 6) is 0.317. The van der Waals surface area contributed by atoms with Gasteiger partial charge in [-0.3, -0.25) is 10.1 Å². The molecule has 3 nitrogen and oxygen atoms in total. The monoisotopic (exact) mass is 225 g/mol. The molecular weight excluding hydrogens is 202 g/mol. The predicted molar refractivity (Wildman–Crippen MR) is 63.3 cm³/mol. The van der Waals surface area contributed by atoms with E-state index in [2.05, 4.69) is 19.2 Å². The van der Waals surface area contributed by atoms with Crippen LogP contribution >= 0.6 is 0 Å². The summed E-state index contributed by atoms with van der Waals surface area (Å²) >= 11 is 0. The maximum absolute atomic E-state index is 11.6. The summed E-state index contributed by atoms with van der Waals surface area (Å²) in [5.41, 5.74) is -0.653. The molecule has 0 aromatic rings. The van der Waals surface area contributed by atoms with E-state index in [1.165, 1.54) is 19.3 Å². The summed E-state index contributed by atoms with van der Waals surface area (Å²) < 4.78 is 0. The van der Waals surface area contributed by atoms with E-state index >= 15 is 0 Å². The molecule has 0 amide bonds. The maximum atomic E-state index is 11.6. The Labute approximate surface area is 97.6 Å². The van der Waals surface area contributed by atoms with Crippen molar-refractivity contribution in [3.63, 3.8) is 0 Å². The van der Waals surface area contributed by atoms with Crippen LogP contribution in [-0.4, -0.2) is 22.7 Å². The van der Waals surface area contributed by atoms with Crippen molar-refractivity contribution in [2.45, 2.75) is 64.0 Å². The van der Waals surface area contributed by atoms with Gasteiger partial charge in [0.2, 0.25) is 0 Å². The molecule has 0 radical (unpaired) electrons. The smallest absolute Gasteiger partial charge is 0.324 e. The topological polar surface area (TPSA) is 49.3 Å². The van der Waals surface area contributed by atoms with E-state index in [-0.39, 0.29) is 5.92 Å². The first-order valence-electron chi connectivity index (χ1n) is 6.57. The van der Waals surface area contributed by atoms with Gasteiger partial charge in [-0.1, -0.05) is 19.8 Å². The third-order valence-corrected chi connectivity index (χ3v) is 4.50. The molecule has 0 aromatic heterocycles. The van der Waals surface area contributed by atoms with Crippen LogP contribution in [0.5, 0.6) is 0 Å². The number of carboxylic acids is 1. The average Bonchev–Trinajstić information content (AvgIpc) is 3.04. The lowest BCUT2D eigenvalue weighted by atomic mass is 9.73. The highest BCUT2D eigenvalue weighted by molar-refractivity contribution is 5.79. The summed E-state index contributed by atoms with van der Waals surface area (Å²) in [6.07, 6.45) is 6.57. The molecule has 0 saturated heterocycles. The van der Waals surface area contributed by atoms with E-state index in [4.69, 9.17) is 0 Å². The molecule has 3 unspecified atom stereocenters. The molecule has 0 bridgehead atoms. The summed E-state index contributed by atoms with van der Waals surface area (Å²) in [4.78, 5) is 11.6. The lowest BCUT2D eigenvalue weighted by Gasteiger charge is -2.41. The highest BCUT2D eigenvalue weighted by Crippen LogP contribution is 2.38. The highest BCUT2D eigenvalue weighted by atomic mass is 16.4. The van der Waals surface area contributed by atoms with Gasteiger partial charge < -0.3 is 5.11 Å². The van der Waals surface area contributed by atoms with E-state index in [9.17, 15) is 9.90 Å². The Balaban J connectivity index is 2.09. The number of carbonyl (C=O) groups is 1. The van der Waals surface area contributed by atoms with Gasteiger partial charge in [0.25, 0.3) is 0 Å². The molecule has 0 aromatic carbocycles. The van der Waals surface area contributed by atoms with E-state index in [1.54, 1.807) is 0 Å². The fourth-order valence-electron chi connectivity index (χ4n) is 3.06. The third-order valence-electron chi connectivity index (χ3n) is 4.50. The first kappa shape index (κ1) is 11.9. The van der Waals surface area contributed by atoms with Crippen molar-refractivity contribution in [3.05, 3.63) is 0 Å². The number of rotatable bonds is 4. The fraction of sp³-hybridized carbons (Fsp3) is 0.923. The Hall–Kier alpha value is -0.570. The van der Waals surface area contributed by atoms with Crippen molar-refractivity contribution in [2.24, 2.45) is 11.8 Å². The van der Waals surface area contributed by atoms with Gasteiger partial charge in [0.15, 0.2) is 0 Å². The number of nitrogens with one attached hydrogen (secondary N) is 1. The number of hydrogen-bond acceptors (Lipinski definition) is 2. The maximum Gasteiger partial charge on any atom is 0.324 e. The molecule has 2 saturated carbocycles. The molecule has 2 N–H and O–H groups in total. The molecule has 0 heterocycles. The lowest BCUT2D eigenvalue weighted by Crippen LogP contribution is -2.61. The second-order valence-electron chi connectivity index (χ2n) is 5.69. The summed E-state index contributed by atoms with van der Waals surface area (Å²) in [7, 11) is 0. The molecule has 0 aliphatic heterocycles. The molecule has 2 aliphatic carbocycles. The molecule has 2 aliphatic rings. The Kier molecular flexibility index (Phi) is 3.24. The van der Waals surface area contributed by atoms with Crippen LogP contribution in [-0.2, 0) is 4.79 Å². The van der Waals surface area contributed by atoms with Crippen LogP contribution < -0.4 is 5.32 Å². The van der Waals surface area contributed by atoms with E-state index < -0.39 is 11.5 Å². The minimum absolute atomic E-state index is 0.250. The third kappa shape index (κ3) is 2.10. The van der Waals surface area contributed by atoms with Crippen LogP contribution in [0.2, 0.25) is 0 Å². The zero-order valence-corrected chi connectivity index (χ0v) is 10.3. The standard InChI is InChI=1S/C13H23NO2/c1-9-5-3-4-8-13(9,12(15)16)14-10(2)11-6-7-11/h9-11,14H,3-8H2,1-2H3,(H,15,16). The number of hydrogen-bond donors (Lipinski definition) is 2. The molecular formula is C13H23NO2. The average molecular weight is 225 g/mol. The van der Waals surface area contributed by atoms with Crippen LogP contribution in [0, 0.1) is 11.8 Å². The highest BCUT2D eigenvalue weighted by Gasteiger charge is 2.47. The van der Waals surface area contributed by atoms with Crippen molar-refractivity contribution in [2.75, 3.05) is 0 Å². The van der Waals surface area contributed by atoms with E-state index in [1.807, 2.05) is 0 Å². The van der Waals surface area contributed by atoms with Crippen LogP contribution in [0.25, 0.3) is 0 Å². The molecule has 0 spiro atoms. The van der Waals surface area contributed by atoms with Gasteiger partial charge in [-0.25, -0.2) is 0 Å². The Bertz CT molecular complexity index is 275. The first-order chi connectivity index (χ1) is 7.56. The minimum Gasteiger partial charge on any atom is -0.480 e. The van der Waals surface area contributed by atoms with Crippen LogP contribution in [0.3, 0.4) is 0 Å². The van der Waals surface area contributed by atoms with Gasteiger partial charge >= 0.3 is 5.97 Å². The Morgan fingerprint density at radius 3 is 2.56 bits per heavy atom.